The monoisotopic (exact) mass is 392 g/mol. The zero-order valence-electron chi connectivity index (χ0n) is 15.8. The van der Waals surface area contributed by atoms with Crippen LogP contribution in [-0.4, -0.2) is 29.3 Å². The van der Waals surface area contributed by atoms with Crippen LogP contribution in [0.2, 0.25) is 0 Å². The molecule has 4 rings (SSSR count). The van der Waals surface area contributed by atoms with Gasteiger partial charge in [0.1, 0.15) is 17.3 Å². The Morgan fingerprint density at radius 3 is 2.79 bits per heavy atom. The van der Waals surface area contributed by atoms with Crippen LogP contribution in [0.5, 0.6) is 17.2 Å². The minimum Gasteiger partial charge on any atom is -0.492 e. The van der Waals surface area contributed by atoms with E-state index in [1.54, 1.807) is 0 Å². The maximum absolute atomic E-state index is 12.4. The van der Waals surface area contributed by atoms with Gasteiger partial charge in [-0.25, -0.2) is 9.97 Å². The van der Waals surface area contributed by atoms with Crippen molar-refractivity contribution in [3.63, 3.8) is 0 Å². The molecule has 1 aromatic heterocycles. The number of nitrogens with one attached hydrogen (secondary N) is 2. The molecule has 2 N–H and O–H groups in total. The fourth-order valence-electron chi connectivity index (χ4n) is 2.82. The molecule has 0 saturated carbocycles. The lowest BCUT2D eigenvalue weighted by molar-refractivity contribution is 0.0945. The Bertz CT molecular complexity index is 1010. The van der Waals surface area contributed by atoms with Crippen LogP contribution in [0, 0.1) is 0 Å². The number of anilines is 2. The molecule has 0 saturated heterocycles. The summed E-state index contributed by atoms with van der Waals surface area (Å²) in [6.07, 6.45) is 2.94. The van der Waals surface area contributed by atoms with Crippen LogP contribution in [0.15, 0.2) is 54.9 Å². The predicted molar refractivity (Wildman–Crippen MR) is 107 cm³/mol. The number of carbonyl (C=O) groups excluding carboxylic acids is 1. The molecule has 8 nitrogen and oxygen atoms in total. The minimum atomic E-state index is -0.309. The molecule has 0 atom stereocenters. The first-order chi connectivity index (χ1) is 14.2. The molecule has 0 radical (unpaired) electrons. The molecule has 0 fully saturated rings. The Labute approximate surface area is 167 Å². The molecule has 1 aliphatic rings. The van der Waals surface area contributed by atoms with Crippen LogP contribution < -0.4 is 24.8 Å². The number of hydrogen-bond acceptors (Lipinski definition) is 7. The first kappa shape index (κ1) is 18.5. The SMILES string of the molecule is CCOc1ccccc1Nc1cnc(C(=O)NCc2ccc3c(c2)OCO3)cn1. The van der Waals surface area contributed by atoms with Gasteiger partial charge in [0, 0.05) is 6.54 Å². The fraction of sp³-hybridized carbons (Fsp3) is 0.190. The summed E-state index contributed by atoms with van der Waals surface area (Å²) in [6, 6.07) is 13.1. The Balaban J connectivity index is 1.37. The Morgan fingerprint density at radius 1 is 1.10 bits per heavy atom. The van der Waals surface area contributed by atoms with Gasteiger partial charge in [-0.1, -0.05) is 18.2 Å². The highest BCUT2D eigenvalue weighted by molar-refractivity contribution is 5.92. The van der Waals surface area contributed by atoms with Crippen molar-refractivity contribution < 1.29 is 19.0 Å². The molecule has 0 unspecified atom stereocenters. The number of benzene rings is 2. The predicted octanol–water partition coefficient (Wildman–Crippen LogP) is 3.28. The zero-order valence-corrected chi connectivity index (χ0v) is 15.8. The average Bonchev–Trinajstić information content (AvgIpc) is 3.22. The highest BCUT2D eigenvalue weighted by Gasteiger charge is 2.14. The second kappa shape index (κ2) is 8.47. The highest BCUT2D eigenvalue weighted by Crippen LogP contribution is 2.32. The van der Waals surface area contributed by atoms with E-state index >= 15 is 0 Å². The number of amides is 1. The summed E-state index contributed by atoms with van der Waals surface area (Å²) in [4.78, 5) is 20.8. The van der Waals surface area contributed by atoms with Gasteiger partial charge in [0.25, 0.3) is 5.91 Å². The van der Waals surface area contributed by atoms with E-state index in [-0.39, 0.29) is 18.4 Å². The van der Waals surface area contributed by atoms with Crippen LogP contribution in [0.4, 0.5) is 11.5 Å². The van der Waals surface area contributed by atoms with Crippen molar-refractivity contribution in [1.82, 2.24) is 15.3 Å². The summed E-state index contributed by atoms with van der Waals surface area (Å²) in [5.74, 6) is 2.32. The van der Waals surface area contributed by atoms with Crippen LogP contribution in [0.1, 0.15) is 23.0 Å². The third-order valence-electron chi connectivity index (χ3n) is 4.22. The third-order valence-corrected chi connectivity index (χ3v) is 4.22. The van der Waals surface area contributed by atoms with E-state index in [0.717, 1.165) is 17.0 Å². The summed E-state index contributed by atoms with van der Waals surface area (Å²) in [7, 11) is 0. The first-order valence-electron chi connectivity index (χ1n) is 9.20. The van der Waals surface area contributed by atoms with Gasteiger partial charge in [-0.3, -0.25) is 4.79 Å². The number of aromatic nitrogens is 2. The molecule has 0 bridgehead atoms. The van der Waals surface area contributed by atoms with E-state index in [1.165, 1.54) is 12.4 Å². The number of fused-ring (bicyclic) bond motifs is 1. The molecule has 1 amide bonds. The quantitative estimate of drug-likeness (QED) is 0.637. The summed E-state index contributed by atoms with van der Waals surface area (Å²) >= 11 is 0. The molecule has 148 valence electrons. The average molecular weight is 392 g/mol. The van der Waals surface area contributed by atoms with E-state index in [2.05, 4.69) is 20.6 Å². The van der Waals surface area contributed by atoms with Crippen molar-refractivity contribution in [2.75, 3.05) is 18.7 Å². The van der Waals surface area contributed by atoms with Crippen molar-refractivity contribution in [3.8, 4) is 17.2 Å². The summed E-state index contributed by atoms with van der Waals surface area (Å²) in [5.41, 5.74) is 1.92. The number of ether oxygens (including phenoxy) is 3. The van der Waals surface area contributed by atoms with Crippen LogP contribution >= 0.6 is 0 Å². The molecule has 8 heteroatoms. The van der Waals surface area contributed by atoms with Gasteiger partial charge in [0.05, 0.1) is 24.7 Å². The fourth-order valence-corrected chi connectivity index (χ4v) is 2.82. The topological polar surface area (TPSA) is 94.6 Å². The number of carbonyl (C=O) groups is 1. The zero-order chi connectivity index (χ0) is 20.1. The molecule has 1 aliphatic heterocycles. The lowest BCUT2D eigenvalue weighted by Gasteiger charge is -2.11. The molecule has 29 heavy (non-hydrogen) atoms. The van der Waals surface area contributed by atoms with Gasteiger partial charge in [0.15, 0.2) is 11.5 Å². The van der Waals surface area contributed by atoms with Gasteiger partial charge in [-0.2, -0.15) is 0 Å². The number of rotatable bonds is 7. The summed E-state index contributed by atoms with van der Waals surface area (Å²) in [5, 5.41) is 5.97. The van der Waals surface area contributed by atoms with E-state index in [0.29, 0.717) is 30.5 Å². The maximum Gasteiger partial charge on any atom is 0.271 e. The van der Waals surface area contributed by atoms with Gasteiger partial charge in [-0.15, -0.1) is 0 Å². The van der Waals surface area contributed by atoms with E-state index in [1.807, 2.05) is 49.4 Å². The van der Waals surface area contributed by atoms with Crippen molar-refractivity contribution in [2.24, 2.45) is 0 Å². The summed E-state index contributed by atoms with van der Waals surface area (Å²) in [6.45, 7) is 3.05. The lowest BCUT2D eigenvalue weighted by atomic mass is 10.2. The number of hydrogen-bond donors (Lipinski definition) is 2. The minimum absolute atomic E-state index is 0.218. The van der Waals surface area contributed by atoms with Crippen molar-refractivity contribution in [2.45, 2.75) is 13.5 Å². The van der Waals surface area contributed by atoms with Crippen LogP contribution in [-0.2, 0) is 6.54 Å². The first-order valence-corrected chi connectivity index (χ1v) is 9.20. The van der Waals surface area contributed by atoms with Crippen molar-refractivity contribution >= 4 is 17.4 Å². The normalized spacial score (nSPS) is 11.8. The molecule has 3 aromatic rings. The standard InChI is InChI=1S/C21H20N4O4/c1-2-27-17-6-4-3-5-15(17)25-20-12-22-16(11-23-20)21(26)24-10-14-7-8-18-19(9-14)29-13-28-18/h3-9,11-12H,2,10,13H2,1H3,(H,23,25)(H,24,26). The molecule has 2 heterocycles. The van der Waals surface area contributed by atoms with Crippen molar-refractivity contribution in [3.05, 3.63) is 66.1 Å². The second-order valence-electron chi connectivity index (χ2n) is 6.21. The highest BCUT2D eigenvalue weighted by atomic mass is 16.7. The van der Waals surface area contributed by atoms with Gasteiger partial charge in [-0.05, 0) is 36.8 Å². The van der Waals surface area contributed by atoms with Crippen molar-refractivity contribution in [1.29, 1.82) is 0 Å². The molecular formula is C21H20N4O4. The Morgan fingerprint density at radius 2 is 1.97 bits per heavy atom. The van der Waals surface area contributed by atoms with E-state index in [4.69, 9.17) is 14.2 Å². The number of nitrogens with zero attached hydrogens (tertiary/aromatic N) is 2. The smallest absolute Gasteiger partial charge is 0.271 e. The van der Waals surface area contributed by atoms with Crippen LogP contribution in [0.3, 0.4) is 0 Å². The lowest BCUT2D eigenvalue weighted by Crippen LogP contribution is -2.24. The van der Waals surface area contributed by atoms with E-state index in [9.17, 15) is 4.79 Å². The molecule has 2 aromatic carbocycles. The molecular weight excluding hydrogens is 372 g/mol. The molecule has 0 aliphatic carbocycles. The van der Waals surface area contributed by atoms with E-state index < -0.39 is 0 Å². The number of para-hydroxylation sites is 2. The van der Waals surface area contributed by atoms with Crippen LogP contribution in [0.25, 0.3) is 0 Å². The largest absolute Gasteiger partial charge is 0.492 e. The van der Waals surface area contributed by atoms with Gasteiger partial charge >= 0.3 is 0 Å². The Kier molecular flexibility index (Phi) is 5.42. The van der Waals surface area contributed by atoms with Gasteiger partial charge in [0.2, 0.25) is 6.79 Å². The summed E-state index contributed by atoms with van der Waals surface area (Å²) < 4.78 is 16.2. The maximum atomic E-state index is 12.4. The molecule has 0 spiro atoms. The van der Waals surface area contributed by atoms with Gasteiger partial charge < -0.3 is 24.8 Å². The second-order valence-corrected chi connectivity index (χ2v) is 6.21. The third kappa shape index (κ3) is 4.37. The Hall–Kier alpha value is -3.81.